The number of benzene rings is 1. The first-order chi connectivity index (χ1) is 14.2. The minimum atomic E-state index is -1.20. The van der Waals surface area contributed by atoms with E-state index in [0.717, 1.165) is 28.8 Å². The van der Waals surface area contributed by atoms with E-state index < -0.39 is 17.4 Å². The van der Waals surface area contributed by atoms with Crippen molar-refractivity contribution in [1.29, 1.82) is 0 Å². The Morgan fingerprint density at radius 3 is 2.57 bits per heavy atom. The Kier molecular flexibility index (Phi) is 5.22. The lowest BCUT2D eigenvalue weighted by Gasteiger charge is -2.30. The van der Waals surface area contributed by atoms with Crippen molar-refractivity contribution in [2.75, 3.05) is 25.6 Å². The van der Waals surface area contributed by atoms with E-state index in [1.54, 1.807) is 7.11 Å². The molecule has 0 radical (unpaired) electrons. The summed E-state index contributed by atoms with van der Waals surface area (Å²) in [5, 5.41) is 6.51. The van der Waals surface area contributed by atoms with Crippen molar-refractivity contribution >= 4 is 23.4 Å². The Labute approximate surface area is 177 Å². The number of rotatable bonds is 6. The number of methoxy groups -OCH3 is 1. The van der Waals surface area contributed by atoms with Crippen LogP contribution >= 0.6 is 0 Å². The molecule has 3 aliphatic rings. The van der Waals surface area contributed by atoms with Gasteiger partial charge in [-0.1, -0.05) is 31.5 Å². The number of carbonyl (C=O) groups is 3. The summed E-state index contributed by atoms with van der Waals surface area (Å²) >= 11 is 0. The Hall–Kier alpha value is -2.25. The Balaban J connectivity index is 1.82. The van der Waals surface area contributed by atoms with Crippen LogP contribution in [0.4, 0.5) is 5.69 Å². The van der Waals surface area contributed by atoms with Gasteiger partial charge in [0.25, 0.3) is 0 Å². The van der Waals surface area contributed by atoms with Crippen molar-refractivity contribution in [2.45, 2.75) is 52.1 Å². The van der Waals surface area contributed by atoms with Crippen molar-refractivity contribution in [3.05, 3.63) is 28.8 Å². The van der Waals surface area contributed by atoms with E-state index in [4.69, 9.17) is 4.74 Å². The molecule has 4 rings (SSSR count). The molecule has 0 aliphatic carbocycles. The summed E-state index contributed by atoms with van der Waals surface area (Å²) in [6.45, 7) is 8.94. The standard InChI is InChI=1S/C23H31N3O4/c1-12(2)9-16-17-18(21(28)26(20(17)27)7-6-8-30-5)23(25-16)15-11-13(3)10-14(4)19(15)24-22(23)29/h10-12,16-18,25H,6-9H2,1-5H3,(H,24,29). The van der Waals surface area contributed by atoms with Gasteiger partial charge in [-0.25, -0.2) is 0 Å². The zero-order valence-corrected chi connectivity index (χ0v) is 18.4. The molecule has 2 saturated heterocycles. The van der Waals surface area contributed by atoms with Crippen LogP contribution in [0.25, 0.3) is 0 Å². The monoisotopic (exact) mass is 413 g/mol. The lowest BCUT2D eigenvalue weighted by molar-refractivity contribution is -0.143. The van der Waals surface area contributed by atoms with E-state index >= 15 is 0 Å². The summed E-state index contributed by atoms with van der Waals surface area (Å²) in [5.74, 6) is -1.57. The van der Waals surface area contributed by atoms with Crippen LogP contribution in [-0.4, -0.2) is 48.9 Å². The van der Waals surface area contributed by atoms with Gasteiger partial charge in [0.1, 0.15) is 5.54 Å². The van der Waals surface area contributed by atoms with E-state index in [9.17, 15) is 14.4 Å². The largest absolute Gasteiger partial charge is 0.385 e. The van der Waals surface area contributed by atoms with Crippen molar-refractivity contribution in [1.82, 2.24) is 10.2 Å². The second-order valence-electron chi connectivity index (χ2n) is 9.32. The zero-order chi connectivity index (χ0) is 21.8. The van der Waals surface area contributed by atoms with Gasteiger partial charge in [0.2, 0.25) is 17.7 Å². The summed E-state index contributed by atoms with van der Waals surface area (Å²) in [4.78, 5) is 41.7. The van der Waals surface area contributed by atoms with E-state index in [-0.39, 0.29) is 23.8 Å². The summed E-state index contributed by atoms with van der Waals surface area (Å²) < 4.78 is 5.10. The van der Waals surface area contributed by atoms with Crippen molar-refractivity contribution in [3.63, 3.8) is 0 Å². The van der Waals surface area contributed by atoms with Gasteiger partial charge in [0, 0.05) is 37.6 Å². The van der Waals surface area contributed by atoms with Crippen LogP contribution in [-0.2, 0) is 24.7 Å². The molecule has 3 aliphatic heterocycles. The number of hydrogen-bond donors (Lipinski definition) is 2. The molecule has 0 aromatic heterocycles. The van der Waals surface area contributed by atoms with Crippen LogP contribution in [0.1, 0.15) is 43.4 Å². The molecule has 1 aromatic carbocycles. The van der Waals surface area contributed by atoms with Crippen molar-refractivity contribution < 1.29 is 19.1 Å². The van der Waals surface area contributed by atoms with Gasteiger partial charge < -0.3 is 10.1 Å². The molecule has 4 unspecified atom stereocenters. The summed E-state index contributed by atoms with van der Waals surface area (Å²) in [6.07, 6.45) is 1.31. The third kappa shape index (κ3) is 2.90. The van der Waals surface area contributed by atoms with Gasteiger partial charge in [-0.15, -0.1) is 0 Å². The fourth-order valence-corrected chi connectivity index (χ4v) is 5.62. The van der Waals surface area contributed by atoms with Gasteiger partial charge in [0.15, 0.2) is 0 Å². The van der Waals surface area contributed by atoms with E-state index in [1.807, 2.05) is 26.0 Å². The molecule has 2 fully saturated rings. The molecule has 3 heterocycles. The van der Waals surface area contributed by atoms with Crippen LogP contribution in [0.15, 0.2) is 12.1 Å². The lowest BCUT2D eigenvalue weighted by Crippen LogP contribution is -2.53. The SMILES string of the molecule is COCCCN1C(=O)C2C(CC(C)C)NC3(C(=O)Nc4c(C)cc(C)cc43)C2C1=O. The average molecular weight is 414 g/mol. The third-order valence-corrected chi connectivity index (χ3v) is 6.71. The molecule has 162 valence electrons. The molecule has 0 saturated carbocycles. The molecule has 2 N–H and O–H groups in total. The Morgan fingerprint density at radius 1 is 1.17 bits per heavy atom. The maximum atomic E-state index is 13.6. The predicted octanol–water partition coefficient (Wildman–Crippen LogP) is 2.11. The third-order valence-electron chi connectivity index (χ3n) is 6.71. The second-order valence-corrected chi connectivity index (χ2v) is 9.32. The van der Waals surface area contributed by atoms with E-state index in [2.05, 4.69) is 24.5 Å². The quantitative estimate of drug-likeness (QED) is 0.551. The highest BCUT2D eigenvalue weighted by molar-refractivity contribution is 6.15. The average Bonchev–Trinajstić information content (AvgIpc) is 3.23. The maximum absolute atomic E-state index is 13.6. The molecule has 7 heteroatoms. The highest BCUT2D eigenvalue weighted by Gasteiger charge is 2.70. The first-order valence-electron chi connectivity index (χ1n) is 10.8. The first-order valence-corrected chi connectivity index (χ1v) is 10.8. The van der Waals surface area contributed by atoms with Crippen LogP contribution in [0.3, 0.4) is 0 Å². The topological polar surface area (TPSA) is 87.7 Å². The number of nitrogens with one attached hydrogen (secondary N) is 2. The smallest absolute Gasteiger partial charge is 0.250 e. The van der Waals surface area contributed by atoms with Crippen LogP contribution < -0.4 is 10.6 Å². The molecule has 4 atom stereocenters. The number of aryl methyl sites for hydroxylation is 2. The minimum absolute atomic E-state index is 0.165. The van der Waals surface area contributed by atoms with Gasteiger partial charge in [0.05, 0.1) is 11.8 Å². The van der Waals surface area contributed by atoms with Gasteiger partial charge >= 0.3 is 0 Å². The van der Waals surface area contributed by atoms with Crippen LogP contribution in [0.5, 0.6) is 0 Å². The van der Waals surface area contributed by atoms with Crippen LogP contribution in [0.2, 0.25) is 0 Å². The molecule has 0 bridgehead atoms. The predicted molar refractivity (Wildman–Crippen MR) is 113 cm³/mol. The summed E-state index contributed by atoms with van der Waals surface area (Å²) in [7, 11) is 1.60. The highest BCUT2D eigenvalue weighted by Crippen LogP contribution is 2.54. The fraction of sp³-hybridized carbons (Fsp3) is 0.609. The number of likely N-dealkylation sites (tertiary alicyclic amines) is 1. The molecule has 7 nitrogen and oxygen atoms in total. The number of ether oxygens (including phenoxy) is 1. The van der Waals surface area contributed by atoms with Crippen molar-refractivity contribution in [3.8, 4) is 0 Å². The number of hydrogen-bond acceptors (Lipinski definition) is 5. The number of carbonyl (C=O) groups excluding carboxylic acids is 3. The Morgan fingerprint density at radius 2 is 1.90 bits per heavy atom. The molecular formula is C23H31N3O4. The number of amides is 3. The number of imide groups is 1. The van der Waals surface area contributed by atoms with Crippen molar-refractivity contribution in [2.24, 2.45) is 17.8 Å². The van der Waals surface area contributed by atoms with Gasteiger partial charge in [-0.3, -0.25) is 24.6 Å². The first kappa shape index (κ1) is 21.0. The number of anilines is 1. The van der Waals surface area contributed by atoms with E-state index in [0.29, 0.717) is 25.5 Å². The molecule has 30 heavy (non-hydrogen) atoms. The molecular weight excluding hydrogens is 382 g/mol. The molecule has 1 aromatic rings. The molecule has 3 amide bonds. The normalized spacial score (nSPS) is 29.9. The second kappa shape index (κ2) is 7.46. The highest BCUT2D eigenvalue weighted by atomic mass is 16.5. The number of nitrogens with zero attached hydrogens (tertiary/aromatic N) is 1. The maximum Gasteiger partial charge on any atom is 0.250 e. The van der Waals surface area contributed by atoms with Gasteiger partial charge in [-0.05, 0) is 38.2 Å². The summed E-state index contributed by atoms with van der Waals surface area (Å²) in [5.41, 5.74) is 2.36. The molecule has 1 spiro atoms. The number of fused-ring (bicyclic) bond motifs is 4. The Bertz CT molecular complexity index is 912. The summed E-state index contributed by atoms with van der Waals surface area (Å²) in [6, 6.07) is 3.78. The lowest BCUT2D eigenvalue weighted by atomic mass is 9.75. The fourth-order valence-electron chi connectivity index (χ4n) is 5.62. The van der Waals surface area contributed by atoms with Crippen LogP contribution in [0, 0.1) is 31.6 Å². The van der Waals surface area contributed by atoms with Gasteiger partial charge in [-0.2, -0.15) is 0 Å². The van der Waals surface area contributed by atoms with E-state index in [1.165, 1.54) is 4.90 Å². The minimum Gasteiger partial charge on any atom is -0.385 e. The zero-order valence-electron chi connectivity index (χ0n) is 18.4.